The van der Waals surface area contributed by atoms with E-state index in [0.717, 1.165) is 21.3 Å². The molecule has 0 saturated carbocycles. The number of hydrogen-bond donors (Lipinski definition) is 3. The number of rotatable bonds is 9. The number of halogens is 1. The van der Waals surface area contributed by atoms with Gasteiger partial charge in [0.1, 0.15) is 6.33 Å². The van der Waals surface area contributed by atoms with E-state index in [1.165, 1.54) is 6.33 Å². The van der Waals surface area contributed by atoms with E-state index in [4.69, 9.17) is 9.47 Å². The second-order valence-corrected chi connectivity index (χ2v) is 7.07. The van der Waals surface area contributed by atoms with Crippen LogP contribution in [0.25, 0.3) is 0 Å². The Morgan fingerprint density at radius 1 is 1.17 bits per heavy atom. The van der Waals surface area contributed by atoms with Crippen LogP contribution in [0.1, 0.15) is 18.1 Å². The SMILES string of the molecule is CCOc1cc(CNc2ncn[nH]2)c(Br)cc1OCC(=O)Nc1ccc(C)cc1. The minimum Gasteiger partial charge on any atom is -0.490 e. The summed E-state index contributed by atoms with van der Waals surface area (Å²) in [5.74, 6) is 1.38. The number of carbonyl (C=O) groups is 1. The second-order valence-electron chi connectivity index (χ2n) is 6.21. The van der Waals surface area contributed by atoms with E-state index in [1.54, 1.807) is 6.07 Å². The third-order valence-corrected chi connectivity index (χ3v) is 4.71. The monoisotopic (exact) mass is 459 g/mol. The zero-order chi connectivity index (χ0) is 20.6. The quantitative estimate of drug-likeness (QED) is 0.448. The summed E-state index contributed by atoms with van der Waals surface area (Å²) in [6.45, 7) is 4.73. The number of carbonyl (C=O) groups excluding carboxylic acids is 1. The normalized spacial score (nSPS) is 10.4. The van der Waals surface area contributed by atoms with Crippen LogP contribution in [0.2, 0.25) is 0 Å². The summed E-state index contributed by atoms with van der Waals surface area (Å²) in [4.78, 5) is 16.2. The number of nitrogens with zero attached hydrogens (tertiary/aromatic N) is 2. The highest BCUT2D eigenvalue weighted by atomic mass is 79.9. The van der Waals surface area contributed by atoms with Gasteiger partial charge < -0.3 is 20.1 Å². The third kappa shape index (κ3) is 5.95. The average Bonchev–Trinajstić information content (AvgIpc) is 3.22. The highest BCUT2D eigenvalue weighted by molar-refractivity contribution is 9.10. The van der Waals surface area contributed by atoms with Crippen LogP contribution < -0.4 is 20.1 Å². The summed E-state index contributed by atoms with van der Waals surface area (Å²) in [5, 5.41) is 12.5. The van der Waals surface area contributed by atoms with Gasteiger partial charge in [0.15, 0.2) is 18.1 Å². The first kappa shape index (κ1) is 20.7. The molecule has 1 heterocycles. The number of nitrogens with one attached hydrogen (secondary N) is 3. The molecule has 0 aliphatic heterocycles. The van der Waals surface area contributed by atoms with Crippen LogP contribution in [-0.4, -0.2) is 34.3 Å². The zero-order valence-corrected chi connectivity index (χ0v) is 17.7. The van der Waals surface area contributed by atoms with Gasteiger partial charge in [0.05, 0.1) is 6.61 Å². The highest BCUT2D eigenvalue weighted by Crippen LogP contribution is 2.34. The van der Waals surface area contributed by atoms with Gasteiger partial charge in [0.2, 0.25) is 5.95 Å². The topological polar surface area (TPSA) is 101 Å². The first-order chi connectivity index (χ1) is 14.0. The molecule has 0 atom stereocenters. The Labute approximate surface area is 177 Å². The Kier molecular flexibility index (Phi) is 7.07. The fourth-order valence-corrected chi connectivity index (χ4v) is 3.00. The molecule has 2 aromatic carbocycles. The molecule has 0 bridgehead atoms. The van der Waals surface area contributed by atoms with Gasteiger partial charge in [-0.05, 0) is 43.7 Å². The van der Waals surface area contributed by atoms with Crippen LogP contribution in [0.3, 0.4) is 0 Å². The van der Waals surface area contributed by atoms with Crippen molar-refractivity contribution < 1.29 is 14.3 Å². The number of hydrogen-bond acceptors (Lipinski definition) is 6. The molecule has 3 rings (SSSR count). The number of anilines is 2. The van der Waals surface area contributed by atoms with Gasteiger partial charge in [-0.15, -0.1) is 0 Å². The lowest BCUT2D eigenvalue weighted by Gasteiger charge is -2.15. The van der Waals surface area contributed by atoms with E-state index >= 15 is 0 Å². The van der Waals surface area contributed by atoms with Gasteiger partial charge >= 0.3 is 0 Å². The maximum atomic E-state index is 12.2. The maximum Gasteiger partial charge on any atom is 0.262 e. The van der Waals surface area contributed by atoms with Crippen molar-refractivity contribution in [1.82, 2.24) is 15.2 Å². The number of aryl methyl sites for hydroxylation is 1. The van der Waals surface area contributed by atoms with Gasteiger partial charge in [0.25, 0.3) is 5.91 Å². The van der Waals surface area contributed by atoms with Crippen molar-refractivity contribution in [3.63, 3.8) is 0 Å². The van der Waals surface area contributed by atoms with Crippen LogP contribution >= 0.6 is 15.9 Å². The molecule has 29 heavy (non-hydrogen) atoms. The van der Waals surface area contributed by atoms with Crippen LogP contribution in [0, 0.1) is 6.92 Å². The lowest BCUT2D eigenvalue weighted by atomic mass is 10.2. The summed E-state index contributed by atoms with van der Waals surface area (Å²) in [6, 6.07) is 11.2. The molecular weight excluding hydrogens is 438 g/mol. The average molecular weight is 460 g/mol. The van der Waals surface area contributed by atoms with Crippen molar-refractivity contribution in [1.29, 1.82) is 0 Å². The molecule has 0 fully saturated rings. The van der Waals surface area contributed by atoms with Gasteiger partial charge in [-0.2, -0.15) is 5.10 Å². The third-order valence-electron chi connectivity index (χ3n) is 3.97. The number of amides is 1. The molecular formula is C20H22BrN5O3. The van der Waals surface area contributed by atoms with E-state index in [-0.39, 0.29) is 12.5 Å². The molecule has 152 valence electrons. The summed E-state index contributed by atoms with van der Waals surface area (Å²) in [6.07, 6.45) is 1.43. The molecule has 3 aromatic rings. The summed E-state index contributed by atoms with van der Waals surface area (Å²) in [7, 11) is 0. The zero-order valence-electron chi connectivity index (χ0n) is 16.2. The van der Waals surface area contributed by atoms with Crippen molar-refractivity contribution in [2.75, 3.05) is 23.8 Å². The predicted octanol–water partition coefficient (Wildman–Crippen LogP) is 3.90. The van der Waals surface area contributed by atoms with Gasteiger partial charge in [-0.3, -0.25) is 4.79 Å². The first-order valence-corrected chi connectivity index (χ1v) is 9.88. The summed E-state index contributed by atoms with van der Waals surface area (Å²) in [5.41, 5.74) is 2.80. The van der Waals surface area contributed by atoms with Crippen molar-refractivity contribution in [3.05, 3.63) is 58.3 Å². The van der Waals surface area contributed by atoms with Crippen LogP contribution in [0.4, 0.5) is 11.6 Å². The lowest BCUT2D eigenvalue weighted by molar-refractivity contribution is -0.118. The lowest BCUT2D eigenvalue weighted by Crippen LogP contribution is -2.20. The minimum atomic E-state index is -0.247. The van der Waals surface area contributed by atoms with E-state index in [2.05, 4.69) is 41.7 Å². The molecule has 9 heteroatoms. The Morgan fingerprint density at radius 3 is 2.62 bits per heavy atom. The van der Waals surface area contributed by atoms with E-state index < -0.39 is 0 Å². The largest absolute Gasteiger partial charge is 0.490 e. The Morgan fingerprint density at radius 2 is 1.93 bits per heavy atom. The predicted molar refractivity (Wildman–Crippen MR) is 114 cm³/mol. The van der Waals surface area contributed by atoms with E-state index in [9.17, 15) is 4.79 Å². The van der Waals surface area contributed by atoms with Gasteiger partial charge in [-0.1, -0.05) is 33.6 Å². The summed E-state index contributed by atoms with van der Waals surface area (Å²) < 4.78 is 12.2. The molecule has 0 saturated heterocycles. The number of aromatic nitrogens is 3. The fraction of sp³-hybridized carbons (Fsp3) is 0.250. The van der Waals surface area contributed by atoms with Crippen LogP contribution in [0.15, 0.2) is 47.2 Å². The fourth-order valence-electron chi connectivity index (χ4n) is 2.54. The molecule has 3 N–H and O–H groups in total. The highest BCUT2D eigenvalue weighted by Gasteiger charge is 2.13. The molecule has 0 aliphatic rings. The van der Waals surface area contributed by atoms with Gasteiger partial charge in [-0.25, -0.2) is 10.1 Å². The molecule has 0 aliphatic carbocycles. The summed E-state index contributed by atoms with van der Waals surface area (Å²) >= 11 is 3.54. The van der Waals surface area contributed by atoms with Crippen LogP contribution in [0.5, 0.6) is 11.5 Å². The molecule has 0 radical (unpaired) electrons. The van der Waals surface area contributed by atoms with Crippen LogP contribution in [-0.2, 0) is 11.3 Å². The second kappa shape index (κ2) is 9.92. The minimum absolute atomic E-state index is 0.129. The number of benzene rings is 2. The van der Waals surface area contributed by atoms with E-state index in [1.807, 2.05) is 44.2 Å². The molecule has 8 nitrogen and oxygen atoms in total. The number of ether oxygens (including phenoxy) is 2. The van der Waals surface area contributed by atoms with E-state index in [0.29, 0.717) is 30.6 Å². The Balaban J connectivity index is 1.64. The van der Waals surface area contributed by atoms with Gasteiger partial charge in [0, 0.05) is 16.7 Å². The van der Waals surface area contributed by atoms with Crippen molar-refractivity contribution in [2.24, 2.45) is 0 Å². The Bertz CT molecular complexity index is 946. The maximum absolute atomic E-state index is 12.2. The van der Waals surface area contributed by atoms with Crippen molar-refractivity contribution in [2.45, 2.75) is 20.4 Å². The molecule has 1 amide bonds. The standard InChI is InChI=1S/C20H22BrN5O3/c1-3-28-17-8-14(10-22-20-23-12-24-26-20)16(21)9-18(17)29-11-19(27)25-15-6-4-13(2)5-7-15/h4-9,12H,3,10-11H2,1-2H3,(H,25,27)(H2,22,23,24,26). The number of H-pyrrole nitrogens is 1. The van der Waals surface area contributed by atoms with Crippen molar-refractivity contribution >= 4 is 33.5 Å². The molecule has 1 aromatic heterocycles. The first-order valence-electron chi connectivity index (χ1n) is 9.09. The number of aromatic amines is 1. The molecule has 0 unspecified atom stereocenters. The Hall–Kier alpha value is -3.07. The smallest absolute Gasteiger partial charge is 0.262 e. The molecule has 0 spiro atoms. The van der Waals surface area contributed by atoms with Crippen molar-refractivity contribution in [3.8, 4) is 11.5 Å².